The third-order valence-electron chi connectivity index (χ3n) is 4.89. The highest BCUT2D eigenvalue weighted by atomic mass is 35.5. The van der Waals surface area contributed by atoms with Gasteiger partial charge in [0.2, 0.25) is 0 Å². The molecule has 0 unspecified atom stereocenters. The van der Waals surface area contributed by atoms with Gasteiger partial charge in [-0.3, -0.25) is 0 Å². The lowest BCUT2D eigenvalue weighted by molar-refractivity contribution is 0.157. The van der Waals surface area contributed by atoms with Gasteiger partial charge >= 0.3 is 6.03 Å². The number of halogens is 3. The topological polar surface area (TPSA) is 61.4 Å². The van der Waals surface area contributed by atoms with Crippen LogP contribution in [0.5, 0.6) is 0 Å². The van der Waals surface area contributed by atoms with Crippen LogP contribution in [0.3, 0.4) is 0 Å². The van der Waals surface area contributed by atoms with E-state index in [2.05, 4.69) is 15.5 Å². The highest BCUT2D eigenvalue weighted by Gasteiger charge is 2.32. The number of alkyl halides is 1. The summed E-state index contributed by atoms with van der Waals surface area (Å²) < 4.78 is 28.3. The van der Waals surface area contributed by atoms with E-state index in [4.69, 9.17) is 11.6 Å². The highest BCUT2D eigenvalue weighted by molar-refractivity contribution is 6.31. The highest BCUT2D eigenvalue weighted by Crippen LogP contribution is 2.23. The minimum atomic E-state index is -1.09. The smallest absolute Gasteiger partial charge is 0.317 e. The van der Waals surface area contributed by atoms with E-state index in [-0.39, 0.29) is 25.6 Å². The summed E-state index contributed by atoms with van der Waals surface area (Å²) in [6, 6.07) is 5.58. The van der Waals surface area contributed by atoms with E-state index < -0.39 is 18.0 Å². The standard InChI is InChI=1S/C19H22ClF2N5O/c1-12-6-13(17(22)8-16(12)20)9-23-19(28)26(2)15-7-14(21)10-27(11-15)18-4-3-5-24-25-18/h3-6,8,14-15H,7,9-11H2,1-2H3,(H,23,28)/t14-,15+/m0/s1. The largest absolute Gasteiger partial charge is 0.350 e. The lowest BCUT2D eigenvalue weighted by Gasteiger charge is -2.39. The molecule has 1 aliphatic rings. The number of carbonyl (C=O) groups excluding carboxylic acids is 1. The number of anilines is 1. The van der Waals surface area contributed by atoms with Crippen LogP contribution >= 0.6 is 11.6 Å². The van der Waals surface area contributed by atoms with Gasteiger partial charge in [-0.05, 0) is 36.8 Å². The SMILES string of the molecule is Cc1cc(CNC(=O)N(C)[C@@H]2C[C@H](F)CN(c3cccnn3)C2)c(F)cc1Cl. The van der Waals surface area contributed by atoms with Crippen LogP contribution in [0.25, 0.3) is 0 Å². The molecule has 0 radical (unpaired) electrons. The van der Waals surface area contributed by atoms with Crippen molar-refractivity contribution in [3.63, 3.8) is 0 Å². The quantitative estimate of drug-likeness (QED) is 0.841. The number of nitrogens with zero attached hydrogens (tertiary/aromatic N) is 4. The summed E-state index contributed by atoms with van der Waals surface area (Å²) in [5, 5.41) is 10.9. The van der Waals surface area contributed by atoms with Gasteiger partial charge in [-0.25, -0.2) is 13.6 Å². The van der Waals surface area contributed by atoms with Gasteiger partial charge in [0.25, 0.3) is 0 Å². The second kappa shape index (κ2) is 8.68. The van der Waals surface area contributed by atoms with Gasteiger partial charge in [0.1, 0.15) is 12.0 Å². The number of nitrogens with one attached hydrogen (secondary N) is 1. The second-order valence-electron chi connectivity index (χ2n) is 6.94. The molecule has 0 saturated carbocycles. The van der Waals surface area contributed by atoms with Crippen molar-refractivity contribution in [2.24, 2.45) is 0 Å². The fourth-order valence-corrected chi connectivity index (χ4v) is 3.41. The van der Waals surface area contributed by atoms with Crippen molar-refractivity contribution in [2.45, 2.75) is 32.1 Å². The summed E-state index contributed by atoms with van der Waals surface area (Å²) in [5.74, 6) is 0.0937. The molecule has 28 heavy (non-hydrogen) atoms. The van der Waals surface area contributed by atoms with E-state index >= 15 is 0 Å². The van der Waals surface area contributed by atoms with Crippen LogP contribution < -0.4 is 10.2 Å². The van der Waals surface area contributed by atoms with Crippen molar-refractivity contribution in [2.75, 3.05) is 25.0 Å². The molecule has 1 N–H and O–H groups in total. The van der Waals surface area contributed by atoms with Crippen molar-refractivity contribution >= 4 is 23.4 Å². The Kier molecular flexibility index (Phi) is 6.28. The van der Waals surface area contributed by atoms with Gasteiger partial charge in [-0.1, -0.05) is 11.6 Å². The summed E-state index contributed by atoms with van der Waals surface area (Å²) in [4.78, 5) is 15.8. The predicted molar refractivity (Wildman–Crippen MR) is 104 cm³/mol. The number of likely N-dealkylation sites (N-methyl/N-ethyl adjacent to an activating group) is 1. The van der Waals surface area contributed by atoms with Gasteiger partial charge in [-0.2, -0.15) is 5.10 Å². The molecule has 2 amide bonds. The Bertz CT molecular complexity index is 839. The van der Waals surface area contributed by atoms with Crippen molar-refractivity contribution in [3.05, 3.63) is 52.4 Å². The van der Waals surface area contributed by atoms with Gasteiger partial charge < -0.3 is 15.1 Å². The van der Waals surface area contributed by atoms with Crippen LogP contribution in [-0.2, 0) is 6.54 Å². The minimum Gasteiger partial charge on any atom is -0.350 e. The van der Waals surface area contributed by atoms with Gasteiger partial charge in [-0.15, -0.1) is 5.10 Å². The fourth-order valence-electron chi connectivity index (χ4n) is 3.26. The summed E-state index contributed by atoms with van der Waals surface area (Å²) >= 11 is 5.89. The van der Waals surface area contributed by atoms with E-state index in [1.165, 1.54) is 11.0 Å². The fraction of sp³-hybridized carbons (Fsp3) is 0.421. The number of benzene rings is 1. The second-order valence-corrected chi connectivity index (χ2v) is 7.34. The third-order valence-corrected chi connectivity index (χ3v) is 5.29. The van der Waals surface area contributed by atoms with E-state index in [1.54, 1.807) is 43.3 Å². The lowest BCUT2D eigenvalue weighted by Crippen LogP contribution is -2.54. The average Bonchev–Trinajstić information content (AvgIpc) is 2.69. The molecule has 0 aliphatic carbocycles. The van der Waals surface area contributed by atoms with Gasteiger partial charge in [0.05, 0.1) is 12.6 Å². The molecule has 1 fully saturated rings. The Labute approximate surface area is 167 Å². The molecule has 2 heterocycles. The predicted octanol–water partition coefficient (Wildman–Crippen LogP) is 3.34. The zero-order valence-corrected chi connectivity index (χ0v) is 16.5. The monoisotopic (exact) mass is 409 g/mol. The van der Waals surface area contributed by atoms with Gasteiger partial charge in [0.15, 0.2) is 5.82 Å². The van der Waals surface area contributed by atoms with Crippen LogP contribution in [0.2, 0.25) is 5.02 Å². The lowest BCUT2D eigenvalue weighted by atomic mass is 10.0. The molecule has 2 atom stereocenters. The number of aromatic nitrogens is 2. The van der Waals surface area contributed by atoms with Gasteiger partial charge in [0, 0.05) is 43.3 Å². The Hall–Kier alpha value is -2.48. The first-order valence-corrected chi connectivity index (χ1v) is 9.35. The number of amides is 2. The van der Waals surface area contributed by atoms with Crippen LogP contribution in [-0.4, -0.2) is 53.5 Å². The van der Waals surface area contributed by atoms with Crippen LogP contribution in [0.15, 0.2) is 30.5 Å². The molecule has 1 aliphatic heterocycles. The maximum Gasteiger partial charge on any atom is 0.317 e. The third kappa shape index (κ3) is 4.67. The molecule has 150 valence electrons. The van der Waals surface area contributed by atoms with E-state index in [1.807, 2.05) is 0 Å². The summed E-state index contributed by atoms with van der Waals surface area (Å²) in [6.45, 7) is 2.44. The maximum atomic E-state index is 14.3. The molecule has 1 aromatic carbocycles. The summed E-state index contributed by atoms with van der Waals surface area (Å²) in [7, 11) is 1.61. The first-order chi connectivity index (χ1) is 13.3. The molecule has 0 spiro atoms. The molecule has 1 saturated heterocycles. The van der Waals surface area contributed by atoms with Crippen molar-refractivity contribution in [1.82, 2.24) is 20.4 Å². The number of hydrogen-bond donors (Lipinski definition) is 1. The Morgan fingerprint density at radius 2 is 2.21 bits per heavy atom. The number of piperidine rings is 1. The average molecular weight is 410 g/mol. The van der Waals surface area contributed by atoms with E-state index in [0.717, 1.165) is 5.56 Å². The molecular weight excluding hydrogens is 388 g/mol. The van der Waals surface area contributed by atoms with Crippen molar-refractivity contribution in [3.8, 4) is 0 Å². The first-order valence-electron chi connectivity index (χ1n) is 8.97. The van der Waals surface area contributed by atoms with Crippen molar-refractivity contribution < 1.29 is 13.6 Å². The Balaban J connectivity index is 1.63. The van der Waals surface area contributed by atoms with Crippen molar-refractivity contribution in [1.29, 1.82) is 0 Å². The summed E-state index contributed by atoms with van der Waals surface area (Å²) in [6.07, 6.45) is 0.691. The zero-order chi connectivity index (χ0) is 20.3. The minimum absolute atomic E-state index is 0.0205. The molecule has 9 heteroatoms. The number of aryl methyl sites for hydroxylation is 1. The number of urea groups is 1. The zero-order valence-electron chi connectivity index (χ0n) is 15.7. The van der Waals surface area contributed by atoms with E-state index in [0.29, 0.717) is 22.9 Å². The maximum absolute atomic E-state index is 14.3. The van der Waals surface area contributed by atoms with Crippen LogP contribution in [0.1, 0.15) is 17.5 Å². The number of rotatable bonds is 4. The number of hydrogen-bond acceptors (Lipinski definition) is 4. The number of carbonyl (C=O) groups is 1. The Morgan fingerprint density at radius 3 is 2.93 bits per heavy atom. The molecular formula is C19H22ClF2N5O. The normalized spacial score (nSPS) is 19.4. The molecule has 6 nitrogen and oxygen atoms in total. The molecule has 2 aromatic rings. The molecule has 3 rings (SSSR count). The van der Waals surface area contributed by atoms with E-state index in [9.17, 15) is 13.6 Å². The summed E-state index contributed by atoms with van der Waals surface area (Å²) in [5.41, 5.74) is 1.07. The van der Waals surface area contributed by atoms with Crippen LogP contribution in [0, 0.1) is 12.7 Å². The molecule has 0 bridgehead atoms. The Morgan fingerprint density at radius 1 is 1.43 bits per heavy atom. The first kappa shape index (κ1) is 20.3. The molecule has 1 aromatic heterocycles. The van der Waals surface area contributed by atoms with Crippen LogP contribution in [0.4, 0.5) is 19.4 Å².